The molecule has 1 aromatic heterocycles. The fourth-order valence-corrected chi connectivity index (χ4v) is 4.23. The number of nitrogens with one attached hydrogen (secondary N) is 1. The van der Waals surface area contributed by atoms with Crippen LogP contribution in [0.3, 0.4) is 0 Å². The molecule has 32 heavy (non-hydrogen) atoms. The van der Waals surface area contributed by atoms with E-state index in [-0.39, 0.29) is 0 Å². The van der Waals surface area contributed by atoms with Crippen molar-refractivity contribution in [3.63, 3.8) is 0 Å². The normalized spacial score (nSPS) is 11.9. The molecule has 0 radical (unpaired) electrons. The Morgan fingerprint density at radius 3 is 2.34 bits per heavy atom. The van der Waals surface area contributed by atoms with Gasteiger partial charge in [0.25, 0.3) is 0 Å². The molecule has 170 valence electrons. The lowest BCUT2D eigenvalue weighted by atomic mass is 10.0. The van der Waals surface area contributed by atoms with E-state index in [9.17, 15) is 5.26 Å². The van der Waals surface area contributed by atoms with Crippen LogP contribution in [0.4, 0.5) is 5.82 Å². The second-order valence-electron chi connectivity index (χ2n) is 8.34. The second-order valence-corrected chi connectivity index (χ2v) is 8.34. The predicted molar refractivity (Wildman–Crippen MR) is 135 cm³/mol. The molecule has 5 nitrogen and oxygen atoms in total. The van der Waals surface area contributed by atoms with Gasteiger partial charge in [-0.25, -0.2) is 0 Å². The summed E-state index contributed by atoms with van der Waals surface area (Å²) in [7, 11) is 3.59. The van der Waals surface area contributed by atoms with Crippen molar-refractivity contribution in [2.45, 2.75) is 54.9 Å². The molecular formula is C27H36N4O. The largest absolute Gasteiger partial charge is 0.496 e. The van der Waals surface area contributed by atoms with Crippen LogP contribution in [0.25, 0.3) is 16.8 Å². The average molecular weight is 433 g/mol. The van der Waals surface area contributed by atoms with Crippen LogP contribution < -0.4 is 26.4 Å². The number of aromatic nitrogens is 1. The third kappa shape index (κ3) is 4.31. The first-order valence-corrected chi connectivity index (χ1v) is 10.9. The summed E-state index contributed by atoms with van der Waals surface area (Å²) in [5, 5.41) is 15.3. The number of anilines is 1. The Bertz CT molecular complexity index is 1240. The molecule has 2 aromatic rings. The monoisotopic (exact) mass is 432 g/mol. The maximum atomic E-state index is 10.1. The molecule has 0 aliphatic carbocycles. The minimum Gasteiger partial charge on any atom is -0.496 e. The fourth-order valence-electron chi connectivity index (χ4n) is 4.23. The number of aryl methyl sites for hydroxylation is 1. The van der Waals surface area contributed by atoms with Crippen LogP contribution in [0.1, 0.15) is 57.7 Å². The van der Waals surface area contributed by atoms with Gasteiger partial charge in [0.15, 0.2) is 0 Å². The first-order chi connectivity index (χ1) is 15.2. The van der Waals surface area contributed by atoms with Crippen molar-refractivity contribution >= 4 is 17.0 Å². The summed E-state index contributed by atoms with van der Waals surface area (Å²) < 4.78 is 7.65. The SMILES string of the molecule is CC/C=C/C(C(NC)=C(C)C)=c1/c(=C(C)C)c(C#N)c(N)n1-c1c(C)ccc(OC)c1C. The Kier molecular flexibility index (Phi) is 7.99. The van der Waals surface area contributed by atoms with Gasteiger partial charge < -0.3 is 15.8 Å². The number of ether oxygens (including phenoxy) is 1. The number of methoxy groups -OCH3 is 1. The molecule has 0 fully saturated rings. The van der Waals surface area contributed by atoms with E-state index >= 15 is 0 Å². The van der Waals surface area contributed by atoms with Crippen LogP contribution in [-0.4, -0.2) is 18.7 Å². The molecule has 0 amide bonds. The van der Waals surface area contributed by atoms with Gasteiger partial charge in [-0.2, -0.15) is 5.26 Å². The number of rotatable bonds is 6. The summed E-state index contributed by atoms with van der Waals surface area (Å²) in [6.45, 7) is 14.4. The van der Waals surface area contributed by atoms with Crippen LogP contribution in [0.2, 0.25) is 0 Å². The zero-order chi connectivity index (χ0) is 24.2. The van der Waals surface area contributed by atoms with Gasteiger partial charge in [-0.3, -0.25) is 4.57 Å². The molecule has 5 heteroatoms. The molecule has 0 saturated carbocycles. The highest BCUT2D eigenvalue weighted by molar-refractivity contribution is 5.76. The van der Waals surface area contributed by atoms with E-state index < -0.39 is 0 Å². The van der Waals surface area contributed by atoms with E-state index in [1.165, 1.54) is 0 Å². The lowest BCUT2D eigenvalue weighted by molar-refractivity contribution is 0.411. The fraction of sp³-hybridized carbons (Fsp3) is 0.370. The molecular weight excluding hydrogens is 396 g/mol. The molecule has 0 atom stereocenters. The van der Waals surface area contributed by atoms with Gasteiger partial charge in [0.05, 0.1) is 18.1 Å². The smallest absolute Gasteiger partial charge is 0.127 e. The summed E-state index contributed by atoms with van der Waals surface area (Å²) in [5.74, 6) is 1.22. The highest BCUT2D eigenvalue weighted by atomic mass is 16.5. The van der Waals surface area contributed by atoms with E-state index in [1.807, 2.05) is 44.5 Å². The molecule has 0 unspecified atom stereocenters. The molecule has 0 saturated heterocycles. The maximum absolute atomic E-state index is 10.1. The minimum atomic E-state index is 0.435. The number of allylic oxidation sites excluding steroid dienone is 3. The van der Waals surface area contributed by atoms with Crippen LogP contribution >= 0.6 is 0 Å². The summed E-state index contributed by atoms with van der Waals surface area (Å²) in [6, 6.07) is 6.36. The Labute approximate surface area is 192 Å². The maximum Gasteiger partial charge on any atom is 0.127 e. The summed E-state index contributed by atoms with van der Waals surface area (Å²) >= 11 is 0. The number of nitriles is 1. The summed E-state index contributed by atoms with van der Waals surface area (Å²) in [5.41, 5.74) is 14.4. The lowest BCUT2D eigenvalue weighted by Crippen LogP contribution is -2.35. The molecule has 0 aliphatic rings. The first kappa shape index (κ1) is 24.9. The topological polar surface area (TPSA) is 76.0 Å². The Balaban J connectivity index is 3.44. The predicted octanol–water partition coefficient (Wildman–Crippen LogP) is 4.38. The van der Waals surface area contributed by atoms with E-state index in [0.29, 0.717) is 11.4 Å². The Morgan fingerprint density at radius 2 is 1.88 bits per heavy atom. The van der Waals surface area contributed by atoms with Crippen LogP contribution in [0, 0.1) is 25.2 Å². The zero-order valence-electron chi connectivity index (χ0n) is 20.9. The van der Waals surface area contributed by atoms with Crippen molar-refractivity contribution in [3.05, 3.63) is 62.8 Å². The van der Waals surface area contributed by atoms with E-state index in [4.69, 9.17) is 10.5 Å². The molecule has 1 aromatic carbocycles. The van der Waals surface area contributed by atoms with Gasteiger partial charge in [0.1, 0.15) is 23.2 Å². The van der Waals surface area contributed by atoms with Crippen molar-refractivity contribution in [3.8, 4) is 17.5 Å². The average Bonchev–Trinajstić information content (AvgIpc) is 3.03. The molecule has 0 bridgehead atoms. The van der Waals surface area contributed by atoms with Gasteiger partial charge >= 0.3 is 0 Å². The van der Waals surface area contributed by atoms with Crippen molar-refractivity contribution < 1.29 is 4.74 Å². The lowest BCUT2D eigenvalue weighted by Gasteiger charge is -2.19. The number of nitrogens with two attached hydrogens (primary N) is 1. The number of nitrogens with zero attached hydrogens (tertiary/aromatic N) is 2. The van der Waals surface area contributed by atoms with Crippen LogP contribution in [0.5, 0.6) is 5.75 Å². The third-order valence-electron chi connectivity index (χ3n) is 5.64. The first-order valence-electron chi connectivity index (χ1n) is 10.9. The second kappa shape index (κ2) is 10.3. The van der Waals surface area contributed by atoms with E-state index in [2.05, 4.69) is 51.2 Å². The summed E-state index contributed by atoms with van der Waals surface area (Å²) in [4.78, 5) is 0. The minimum absolute atomic E-state index is 0.435. The number of nitrogen functional groups attached to an aromatic ring is 1. The molecule has 2 rings (SSSR count). The van der Waals surface area contributed by atoms with Crippen LogP contribution in [0.15, 0.2) is 35.6 Å². The molecule has 0 aliphatic heterocycles. The molecule has 0 spiro atoms. The van der Waals surface area contributed by atoms with E-state index in [0.717, 1.165) is 62.0 Å². The summed E-state index contributed by atoms with van der Waals surface area (Å²) in [6.07, 6.45) is 5.16. The zero-order valence-corrected chi connectivity index (χ0v) is 20.9. The van der Waals surface area contributed by atoms with Crippen LogP contribution in [-0.2, 0) is 0 Å². The molecule has 1 heterocycles. The van der Waals surface area contributed by atoms with Gasteiger partial charge in [-0.05, 0) is 59.6 Å². The number of hydrogen-bond donors (Lipinski definition) is 2. The Hall–Kier alpha value is -3.39. The van der Waals surface area contributed by atoms with Crippen molar-refractivity contribution in [1.82, 2.24) is 9.88 Å². The van der Waals surface area contributed by atoms with Gasteiger partial charge in [0, 0.05) is 29.1 Å². The number of benzene rings is 1. The number of hydrogen-bond acceptors (Lipinski definition) is 4. The standard InChI is InChI=1S/C27H36N4O/c1-10-11-12-20(24(30-8)17(4)5)26-23(16(2)3)21(15-28)27(29)31(26)25-18(6)13-14-22(32-9)19(25)7/h11-14,30H,10,29H2,1-9H3/b12-11+,26-20+. The van der Waals surface area contributed by atoms with Crippen molar-refractivity contribution in [1.29, 1.82) is 5.26 Å². The highest BCUT2D eigenvalue weighted by Crippen LogP contribution is 2.29. The Morgan fingerprint density at radius 1 is 1.22 bits per heavy atom. The van der Waals surface area contributed by atoms with Crippen molar-refractivity contribution in [2.75, 3.05) is 19.9 Å². The van der Waals surface area contributed by atoms with Gasteiger partial charge in [-0.15, -0.1) is 0 Å². The molecule has 3 N–H and O–H groups in total. The van der Waals surface area contributed by atoms with E-state index in [1.54, 1.807) is 7.11 Å². The van der Waals surface area contributed by atoms with Gasteiger partial charge in [0.2, 0.25) is 0 Å². The third-order valence-corrected chi connectivity index (χ3v) is 5.64. The van der Waals surface area contributed by atoms with Crippen molar-refractivity contribution in [2.24, 2.45) is 0 Å². The highest BCUT2D eigenvalue weighted by Gasteiger charge is 2.21. The van der Waals surface area contributed by atoms with Gasteiger partial charge in [-0.1, -0.05) is 36.3 Å². The quantitative estimate of drug-likeness (QED) is 0.710.